The number of terminal acetylenes is 2. The minimum absolute atomic E-state index is 0.260. The minimum Gasteiger partial charge on any atom is -0.523 e. The summed E-state index contributed by atoms with van der Waals surface area (Å²) >= 11 is 0. The SMILES string of the molecule is C#CC(C#C)[SiH2]OC(C)=O. The summed E-state index contributed by atoms with van der Waals surface area (Å²) in [6.45, 7) is 1.34. The highest BCUT2D eigenvalue weighted by Gasteiger charge is 2.02. The van der Waals surface area contributed by atoms with Crippen LogP contribution in [0.5, 0.6) is 0 Å². The zero-order valence-corrected chi connectivity index (χ0v) is 7.17. The van der Waals surface area contributed by atoms with Crippen molar-refractivity contribution >= 4 is 15.7 Å². The molecule has 0 heterocycles. The summed E-state index contributed by atoms with van der Waals surface area (Å²) in [6.07, 6.45) is 10.0. The molecule has 0 aromatic heterocycles. The van der Waals surface area contributed by atoms with Crippen LogP contribution in [0, 0.1) is 24.7 Å². The monoisotopic (exact) mass is 152 g/mol. The van der Waals surface area contributed by atoms with Crippen molar-refractivity contribution in [3.63, 3.8) is 0 Å². The molecule has 2 nitrogen and oxygen atoms in total. The summed E-state index contributed by atoms with van der Waals surface area (Å²) in [5.74, 6) is 4.41. The third-order valence-electron chi connectivity index (χ3n) is 0.856. The zero-order chi connectivity index (χ0) is 7.98. The molecule has 0 aromatic rings. The minimum atomic E-state index is -1.04. The largest absolute Gasteiger partial charge is 0.523 e. The van der Waals surface area contributed by atoms with Crippen molar-refractivity contribution in [2.45, 2.75) is 12.5 Å². The van der Waals surface area contributed by atoms with Crippen LogP contribution in [-0.2, 0) is 9.22 Å². The predicted molar refractivity (Wildman–Crippen MR) is 41.7 cm³/mol. The summed E-state index contributed by atoms with van der Waals surface area (Å²) in [4.78, 5) is 10.3. The molecule has 0 aliphatic carbocycles. The van der Waals surface area contributed by atoms with E-state index in [1.807, 2.05) is 0 Å². The van der Waals surface area contributed by atoms with Crippen molar-refractivity contribution in [3.8, 4) is 24.7 Å². The van der Waals surface area contributed by atoms with Gasteiger partial charge in [0.1, 0.15) is 5.54 Å². The third kappa shape index (κ3) is 3.77. The lowest BCUT2D eigenvalue weighted by Gasteiger charge is -2.00. The first-order chi connectivity index (χ1) is 4.70. The van der Waals surface area contributed by atoms with Crippen LogP contribution in [0.1, 0.15) is 6.92 Å². The lowest BCUT2D eigenvalue weighted by atomic mass is 10.5. The number of carbonyl (C=O) groups excluding carboxylic acids is 1. The molecule has 0 saturated carbocycles. The lowest BCUT2D eigenvalue weighted by molar-refractivity contribution is -0.131. The van der Waals surface area contributed by atoms with Crippen LogP contribution < -0.4 is 0 Å². The summed E-state index contributed by atoms with van der Waals surface area (Å²) in [7, 11) is -1.04. The Morgan fingerprint density at radius 2 is 2.10 bits per heavy atom. The van der Waals surface area contributed by atoms with Gasteiger partial charge in [-0.1, -0.05) is 11.8 Å². The maximum atomic E-state index is 10.3. The van der Waals surface area contributed by atoms with Gasteiger partial charge in [0.2, 0.25) is 9.76 Å². The predicted octanol–water partition coefficient (Wildman–Crippen LogP) is -0.312. The Kier molecular flexibility index (Phi) is 4.11. The molecule has 0 bridgehead atoms. The Labute approximate surface area is 62.9 Å². The van der Waals surface area contributed by atoms with Gasteiger partial charge in [-0.05, 0) is 0 Å². The fourth-order valence-corrected chi connectivity index (χ4v) is 0.939. The fourth-order valence-electron chi connectivity index (χ4n) is 0.345. The van der Waals surface area contributed by atoms with E-state index >= 15 is 0 Å². The quantitative estimate of drug-likeness (QED) is 0.401. The number of hydrogen-bond acceptors (Lipinski definition) is 2. The molecular weight excluding hydrogens is 144 g/mol. The number of hydrogen-bond donors (Lipinski definition) is 0. The van der Waals surface area contributed by atoms with Gasteiger partial charge in [0.25, 0.3) is 5.97 Å². The second-order valence-electron chi connectivity index (χ2n) is 1.69. The molecule has 0 rings (SSSR count). The van der Waals surface area contributed by atoms with Crippen LogP contribution in [0.2, 0.25) is 5.54 Å². The van der Waals surface area contributed by atoms with Crippen molar-refractivity contribution < 1.29 is 9.22 Å². The zero-order valence-electron chi connectivity index (χ0n) is 5.76. The Morgan fingerprint density at radius 3 is 2.40 bits per heavy atom. The maximum absolute atomic E-state index is 10.3. The molecule has 0 saturated heterocycles. The molecular formula is C7H8O2Si. The highest BCUT2D eigenvalue weighted by atomic mass is 28.2. The van der Waals surface area contributed by atoms with Crippen LogP contribution in [-0.4, -0.2) is 15.7 Å². The molecule has 0 unspecified atom stereocenters. The average molecular weight is 152 g/mol. The molecule has 0 aromatic carbocycles. The second-order valence-corrected chi connectivity index (χ2v) is 3.13. The average Bonchev–Trinajstić information content (AvgIpc) is 1.90. The van der Waals surface area contributed by atoms with Crippen molar-refractivity contribution in [1.29, 1.82) is 0 Å². The van der Waals surface area contributed by atoms with E-state index in [4.69, 9.17) is 17.3 Å². The van der Waals surface area contributed by atoms with Gasteiger partial charge < -0.3 is 4.43 Å². The van der Waals surface area contributed by atoms with Gasteiger partial charge >= 0.3 is 0 Å². The first kappa shape index (κ1) is 8.81. The second kappa shape index (κ2) is 4.66. The molecule has 0 spiro atoms. The third-order valence-corrected chi connectivity index (χ3v) is 2.23. The van der Waals surface area contributed by atoms with E-state index in [1.54, 1.807) is 0 Å². The van der Waals surface area contributed by atoms with Gasteiger partial charge in [0.15, 0.2) is 0 Å². The van der Waals surface area contributed by atoms with Crippen LogP contribution >= 0.6 is 0 Å². The van der Waals surface area contributed by atoms with E-state index in [0.29, 0.717) is 0 Å². The normalized spacial score (nSPS) is 9.20. The Bertz CT molecular complexity index is 183. The van der Waals surface area contributed by atoms with E-state index in [9.17, 15) is 4.79 Å². The van der Waals surface area contributed by atoms with Crippen molar-refractivity contribution in [3.05, 3.63) is 0 Å². The smallest absolute Gasteiger partial charge is 0.289 e. The summed E-state index contributed by atoms with van der Waals surface area (Å²) in [5.41, 5.74) is -0.260. The molecule has 0 radical (unpaired) electrons. The summed E-state index contributed by atoms with van der Waals surface area (Å²) < 4.78 is 4.70. The van der Waals surface area contributed by atoms with Gasteiger partial charge in [-0.25, -0.2) is 0 Å². The number of rotatable bonds is 2. The summed E-state index contributed by atoms with van der Waals surface area (Å²) in [6, 6.07) is 0. The van der Waals surface area contributed by atoms with Gasteiger partial charge in [-0.15, -0.1) is 12.8 Å². The standard InChI is InChI=1S/C7H8O2Si/c1-4-7(5-2)10-9-6(3)8/h1-2,7H,10H2,3H3. The van der Waals surface area contributed by atoms with Crippen molar-refractivity contribution in [2.24, 2.45) is 0 Å². The summed E-state index contributed by atoms with van der Waals surface area (Å²) in [5, 5.41) is 0. The first-order valence-corrected chi connectivity index (χ1v) is 4.15. The van der Waals surface area contributed by atoms with Gasteiger partial charge in [0.05, 0.1) is 0 Å². The molecule has 3 heteroatoms. The van der Waals surface area contributed by atoms with Gasteiger partial charge in [-0.2, -0.15) is 0 Å². The van der Waals surface area contributed by atoms with Crippen LogP contribution in [0.15, 0.2) is 0 Å². The molecule has 0 N–H and O–H groups in total. The molecule has 0 amide bonds. The molecule has 0 aliphatic heterocycles. The topological polar surface area (TPSA) is 26.3 Å². The van der Waals surface area contributed by atoms with Crippen LogP contribution in [0.4, 0.5) is 0 Å². The first-order valence-electron chi connectivity index (χ1n) is 2.76. The van der Waals surface area contributed by atoms with E-state index < -0.39 is 9.76 Å². The van der Waals surface area contributed by atoms with Gasteiger partial charge in [0, 0.05) is 6.92 Å². The Balaban J connectivity index is 3.61. The Morgan fingerprint density at radius 1 is 1.60 bits per heavy atom. The van der Waals surface area contributed by atoms with Gasteiger partial charge in [-0.3, -0.25) is 4.79 Å². The van der Waals surface area contributed by atoms with E-state index in [-0.39, 0.29) is 11.5 Å². The van der Waals surface area contributed by atoms with E-state index in [1.165, 1.54) is 6.92 Å². The fraction of sp³-hybridized carbons (Fsp3) is 0.286. The molecule has 52 valence electrons. The van der Waals surface area contributed by atoms with E-state index in [0.717, 1.165) is 0 Å². The van der Waals surface area contributed by atoms with Crippen molar-refractivity contribution in [1.82, 2.24) is 0 Å². The molecule has 0 fully saturated rings. The highest BCUT2D eigenvalue weighted by Crippen LogP contribution is 1.96. The molecule has 0 atom stereocenters. The molecule has 10 heavy (non-hydrogen) atoms. The Hall–Kier alpha value is -1.19. The van der Waals surface area contributed by atoms with Crippen LogP contribution in [0.3, 0.4) is 0 Å². The van der Waals surface area contributed by atoms with Crippen LogP contribution in [0.25, 0.3) is 0 Å². The maximum Gasteiger partial charge on any atom is 0.289 e. The highest BCUT2D eigenvalue weighted by molar-refractivity contribution is 6.35. The molecule has 0 aliphatic rings. The number of carbonyl (C=O) groups is 1. The lowest BCUT2D eigenvalue weighted by Crippen LogP contribution is -2.08. The van der Waals surface area contributed by atoms with E-state index in [2.05, 4.69) is 11.8 Å². The van der Waals surface area contributed by atoms with Crippen molar-refractivity contribution in [2.75, 3.05) is 0 Å².